The van der Waals surface area contributed by atoms with Crippen molar-refractivity contribution < 1.29 is 4.42 Å². The molecule has 0 fully saturated rings. The third kappa shape index (κ3) is 2.73. The van der Waals surface area contributed by atoms with Crippen LogP contribution < -0.4 is 10.9 Å². The van der Waals surface area contributed by atoms with Crippen LogP contribution in [0.5, 0.6) is 0 Å². The van der Waals surface area contributed by atoms with E-state index in [-0.39, 0.29) is 5.63 Å². The van der Waals surface area contributed by atoms with Gasteiger partial charge in [0.2, 0.25) is 0 Å². The highest BCUT2D eigenvalue weighted by molar-refractivity contribution is 5.81. The van der Waals surface area contributed by atoms with Gasteiger partial charge in [-0.3, -0.25) is 0 Å². The first-order valence-corrected chi connectivity index (χ1v) is 6.43. The fourth-order valence-corrected chi connectivity index (χ4v) is 2.03. The minimum atomic E-state index is -0.214. The lowest BCUT2D eigenvalue weighted by Crippen LogP contribution is -2.10. The van der Waals surface area contributed by atoms with Crippen LogP contribution in [0.15, 0.2) is 33.5 Å². The molecule has 0 radical (unpaired) electrons. The Balaban J connectivity index is 2.47. The van der Waals surface area contributed by atoms with Crippen molar-refractivity contribution in [1.29, 1.82) is 0 Å². The molecular weight excluding hydrogens is 226 g/mol. The first-order chi connectivity index (χ1) is 8.60. The molecule has 3 nitrogen and oxygen atoms in total. The summed E-state index contributed by atoms with van der Waals surface area (Å²) in [5, 5.41) is 4.32. The van der Waals surface area contributed by atoms with Gasteiger partial charge in [-0.1, -0.05) is 13.3 Å². The maximum atomic E-state index is 11.7. The molecule has 2 rings (SSSR count). The van der Waals surface area contributed by atoms with Crippen molar-refractivity contribution in [3.8, 4) is 0 Å². The summed E-state index contributed by atoms with van der Waals surface area (Å²) in [6.07, 6.45) is 1.71. The summed E-state index contributed by atoms with van der Waals surface area (Å²) in [4.78, 5) is 11.7. The van der Waals surface area contributed by atoms with Gasteiger partial charge >= 0.3 is 5.63 Å². The molecule has 18 heavy (non-hydrogen) atoms. The highest BCUT2D eigenvalue weighted by atomic mass is 16.4. The first-order valence-electron chi connectivity index (χ1n) is 6.43. The number of hydrogen-bond acceptors (Lipinski definition) is 3. The molecule has 0 bridgehead atoms. The summed E-state index contributed by atoms with van der Waals surface area (Å²) < 4.78 is 5.32. The average molecular weight is 245 g/mol. The van der Waals surface area contributed by atoms with Gasteiger partial charge in [0.15, 0.2) is 0 Å². The van der Waals surface area contributed by atoms with Crippen LogP contribution in [-0.4, -0.2) is 6.04 Å². The van der Waals surface area contributed by atoms with E-state index < -0.39 is 0 Å². The van der Waals surface area contributed by atoms with Crippen LogP contribution in [0, 0.1) is 0 Å². The van der Waals surface area contributed by atoms with E-state index in [1.54, 1.807) is 0 Å². The van der Waals surface area contributed by atoms with Crippen LogP contribution in [0.4, 0.5) is 5.69 Å². The summed E-state index contributed by atoms with van der Waals surface area (Å²) in [6.45, 7) is 6.25. The van der Waals surface area contributed by atoms with Crippen molar-refractivity contribution in [3.05, 3.63) is 40.2 Å². The smallest absolute Gasteiger partial charge is 0.339 e. The van der Waals surface area contributed by atoms with Crippen molar-refractivity contribution in [2.24, 2.45) is 0 Å². The molecule has 2 aromatic rings. The number of fused-ring (bicyclic) bond motifs is 1. The predicted molar refractivity (Wildman–Crippen MR) is 75.2 cm³/mol. The minimum absolute atomic E-state index is 0.214. The topological polar surface area (TPSA) is 42.2 Å². The number of anilines is 1. The molecule has 1 heterocycles. The van der Waals surface area contributed by atoms with Crippen molar-refractivity contribution in [1.82, 2.24) is 0 Å². The van der Waals surface area contributed by atoms with Gasteiger partial charge in [-0.05, 0) is 44.5 Å². The summed E-state index contributed by atoms with van der Waals surface area (Å²) in [5.74, 6) is 0. The maximum Gasteiger partial charge on any atom is 0.339 e. The van der Waals surface area contributed by atoms with Crippen LogP contribution in [0.1, 0.15) is 32.8 Å². The SMILES string of the molecule is CCCc1cc2cc(NC(C)C)ccc2oc1=O. The number of benzene rings is 1. The van der Waals surface area contributed by atoms with Gasteiger partial charge in [-0.25, -0.2) is 4.79 Å². The summed E-state index contributed by atoms with van der Waals surface area (Å²) >= 11 is 0. The zero-order chi connectivity index (χ0) is 13.1. The molecule has 1 aromatic carbocycles. The van der Waals surface area contributed by atoms with Crippen LogP contribution in [0.3, 0.4) is 0 Å². The van der Waals surface area contributed by atoms with E-state index >= 15 is 0 Å². The van der Waals surface area contributed by atoms with Crippen molar-refractivity contribution in [3.63, 3.8) is 0 Å². The van der Waals surface area contributed by atoms with Gasteiger partial charge in [0, 0.05) is 22.7 Å². The van der Waals surface area contributed by atoms with E-state index in [4.69, 9.17) is 4.42 Å². The van der Waals surface area contributed by atoms with E-state index in [0.29, 0.717) is 11.6 Å². The van der Waals surface area contributed by atoms with Gasteiger partial charge in [0.05, 0.1) is 0 Å². The van der Waals surface area contributed by atoms with Gasteiger partial charge in [-0.15, -0.1) is 0 Å². The van der Waals surface area contributed by atoms with Crippen LogP contribution in [0.25, 0.3) is 11.0 Å². The third-order valence-corrected chi connectivity index (χ3v) is 2.78. The molecule has 1 N–H and O–H groups in total. The fraction of sp³-hybridized carbons (Fsp3) is 0.400. The van der Waals surface area contributed by atoms with E-state index in [0.717, 1.165) is 29.5 Å². The first kappa shape index (κ1) is 12.7. The molecular formula is C15H19NO2. The summed E-state index contributed by atoms with van der Waals surface area (Å²) in [6, 6.07) is 8.13. The fourth-order valence-electron chi connectivity index (χ4n) is 2.03. The minimum Gasteiger partial charge on any atom is -0.423 e. The van der Waals surface area contributed by atoms with E-state index in [2.05, 4.69) is 26.1 Å². The molecule has 0 aliphatic carbocycles. The molecule has 0 aliphatic rings. The Morgan fingerprint density at radius 3 is 2.72 bits per heavy atom. The zero-order valence-corrected chi connectivity index (χ0v) is 11.1. The summed E-state index contributed by atoms with van der Waals surface area (Å²) in [5.41, 5.74) is 2.24. The highest BCUT2D eigenvalue weighted by Crippen LogP contribution is 2.19. The average Bonchev–Trinajstić information content (AvgIpc) is 2.30. The second-order valence-corrected chi connectivity index (χ2v) is 4.86. The molecule has 0 aliphatic heterocycles. The standard InChI is InChI=1S/C15H19NO2/c1-4-5-11-8-12-9-13(16-10(2)3)6-7-14(12)18-15(11)17/h6-10,16H,4-5H2,1-3H3. The number of nitrogens with one attached hydrogen (secondary N) is 1. The van der Waals surface area contributed by atoms with Gasteiger partial charge in [-0.2, -0.15) is 0 Å². The Morgan fingerprint density at radius 1 is 1.28 bits per heavy atom. The summed E-state index contributed by atoms with van der Waals surface area (Å²) in [7, 11) is 0. The zero-order valence-electron chi connectivity index (χ0n) is 11.1. The van der Waals surface area contributed by atoms with Crippen molar-refractivity contribution in [2.45, 2.75) is 39.7 Å². The molecule has 96 valence electrons. The second kappa shape index (κ2) is 5.25. The molecule has 1 aromatic heterocycles. The lowest BCUT2D eigenvalue weighted by Gasteiger charge is -2.10. The Labute approximate surface area is 107 Å². The number of aryl methyl sites for hydroxylation is 1. The van der Waals surface area contributed by atoms with Gasteiger partial charge in [0.25, 0.3) is 0 Å². The Hall–Kier alpha value is -1.77. The highest BCUT2D eigenvalue weighted by Gasteiger charge is 2.05. The number of rotatable bonds is 4. The Bertz CT molecular complexity index is 599. The molecule has 0 saturated heterocycles. The third-order valence-electron chi connectivity index (χ3n) is 2.78. The van der Waals surface area contributed by atoms with Gasteiger partial charge < -0.3 is 9.73 Å². The van der Waals surface area contributed by atoms with E-state index in [9.17, 15) is 4.79 Å². The van der Waals surface area contributed by atoms with E-state index in [1.165, 1.54) is 0 Å². The van der Waals surface area contributed by atoms with Crippen LogP contribution in [-0.2, 0) is 6.42 Å². The number of hydrogen-bond donors (Lipinski definition) is 1. The van der Waals surface area contributed by atoms with Crippen LogP contribution >= 0.6 is 0 Å². The Kier molecular flexibility index (Phi) is 3.70. The molecule has 3 heteroatoms. The monoisotopic (exact) mass is 245 g/mol. The molecule has 0 atom stereocenters. The van der Waals surface area contributed by atoms with Gasteiger partial charge in [0.1, 0.15) is 5.58 Å². The normalized spacial score (nSPS) is 11.1. The Morgan fingerprint density at radius 2 is 2.06 bits per heavy atom. The molecule has 0 saturated carbocycles. The largest absolute Gasteiger partial charge is 0.423 e. The van der Waals surface area contributed by atoms with E-state index in [1.807, 2.05) is 24.3 Å². The lowest BCUT2D eigenvalue weighted by molar-refractivity contribution is 0.549. The van der Waals surface area contributed by atoms with Crippen molar-refractivity contribution >= 4 is 16.7 Å². The predicted octanol–water partition coefficient (Wildman–Crippen LogP) is 3.57. The molecule has 0 amide bonds. The second-order valence-electron chi connectivity index (χ2n) is 4.86. The molecule has 0 spiro atoms. The quantitative estimate of drug-likeness (QED) is 0.837. The maximum absolute atomic E-state index is 11.7. The molecule has 0 unspecified atom stereocenters. The lowest BCUT2D eigenvalue weighted by atomic mass is 10.1. The van der Waals surface area contributed by atoms with Crippen molar-refractivity contribution in [2.75, 3.05) is 5.32 Å². The van der Waals surface area contributed by atoms with Crippen LogP contribution in [0.2, 0.25) is 0 Å².